The number of hydrogen-bond donors (Lipinski definition) is 35. The predicted molar refractivity (Wildman–Crippen MR) is 395 cm³/mol. The van der Waals surface area contributed by atoms with Crippen molar-refractivity contribution < 1.29 is 224 Å². The molecule has 45 atom stereocenters. The van der Waals surface area contributed by atoms with Crippen LogP contribution in [0.25, 0.3) is 0 Å². The van der Waals surface area contributed by atoms with E-state index in [-0.39, 0.29) is 47.8 Å². The third-order valence-corrected chi connectivity index (χ3v) is 23.0. The Hall–Kier alpha value is -3.22. The normalized spacial score (nSPS) is 47.0. The molecule has 23 saturated heterocycles. The van der Waals surface area contributed by atoms with Crippen molar-refractivity contribution in [1.29, 1.82) is 0 Å². The molecule has 0 unspecified atom stereocenters. The monoisotopic (exact) mass is 1820 g/mol. The van der Waals surface area contributed by atoms with Gasteiger partial charge in [-0.3, -0.25) is 4.79 Å². The maximum Gasteiger partial charge on any atom is 0.220 e. The summed E-state index contributed by atoms with van der Waals surface area (Å²) in [6.07, 6.45) is -87.7. The van der Waals surface area contributed by atoms with Gasteiger partial charge in [0.05, 0.1) is 58.9 Å². The second-order valence-corrected chi connectivity index (χ2v) is 31.6. The predicted octanol–water partition coefficient (Wildman–Crippen LogP) is -21.2. The molecule has 0 aromatic rings. The highest BCUT2D eigenvalue weighted by Crippen LogP contribution is 2.40. The van der Waals surface area contributed by atoms with E-state index < -0.39 is 348 Å². The first-order valence-electron chi connectivity index (χ1n) is 38.9. The minimum atomic E-state index is -2.31. The molecule has 23 aliphatic heterocycles. The molecule has 23 aliphatic rings. The average molecular weight is 1820 g/mol. The van der Waals surface area contributed by atoms with Gasteiger partial charge in [0.15, 0.2) is 71.8 Å². The number of amides is 1. The maximum atomic E-state index is 13.6. The van der Waals surface area contributed by atoms with Gasteiger partial charge in [-0.25, -0.2) is 0 Å². The molecule has 23 rings (SSSR count). The molecule has 1 amide bonds. The summed E-state index contributed by atoms with van der Waals surface area (Å²) in [4.78, 5) is 13.6. The van der Waals surface area contributed by atoms with E-state index in [1.54, 1.807) is 0 Å². The number of aliphatic hydroxyl groups is 28. The van der Waals surface area contributed by atoms with Crippen LogP contribution in [-0.4, -0.2) is 526 Å². The first-order valence-corrected chi connectivity index (χ1v) is 40.2. The van der Waals surface area contributed by atoms with Crippen LogP contribution in [0.15, 0.2) is 0 Å². The van der Waals surface area contributed by atoms with Crippen LogP contribution >= 0.6 is 36.7 Å². The molecule has 52 nitrogen and oxygen atoms in total. The lowest BCUT2D eigenvalue weighted by molar-refractivity contribution is -0.396. The van der Waals surface area contributed by atoms with E-state index in [1.165, 1.54) is 0 Å². The zero-order valence-corrected chi connectivity index (χ0v) is 66.5. The summed E-state index contributed by atoms with van der Waals surface area (Å²) < 4.78 is 92.7. The smallest absolute Gasteiger partial charge is 0.220 e. The molecule has 55 heteroatoms. The van der Waals surface area contributed by atoms with Crippen LogP contribution in [0.3, 0.4) is 0 Å². The Morgan fingerprint density at radius 1 is 0.256 bits per heavy atom. The molecule has 14 bridgehead atoms. The molecule has 0 aromatic heterocycles. The van der Waals surface area contributed by atoms with Gasteiger partial charge in [0.1, 0.15) is 220 Å². The van der Waals surface area contributed by atoms with Gasteiger partial charge in [0, 0.05) is 32.6 Å². The van der Waals surface area contributed by atoms with Gasteiger partial charge in [0.2, 0.25) is 5.91 Å². The van der Waals surface area contributed by atoms with Crippen LogP contribution in [0.5, 0.6) is 0 Å². The minimum absolute atomic E-state index is 0.0934. The number of rotatable bonds is 23. The molecule has 0 radical (unpaired) electrons. The van der Waals surface area contributed by atoms with Crippen molar-refractivity contribution in [2.24, 2.45) is 0 Å². The molecule has 23 heterocycles. The highest BCUT2D eigenvalue weighted by molar-refractivity contribution is 7.80. The first kappa shape index (κ1) is 99.9. The van der Waals surface area contributed by atoms with Crippen molar-refractivity contribution in [2.45, 2.75) is 308 Å². The van der Waals surface area contributed by atoms with Crippen molar-refractivity contribution in [2.75, 3.05) is 79.0 Å². The van der Waals surface area contributed by atoms with Gasteiger partial charge >= 0.3 is 0 Å². The summed E-state index contributed by atoms with van der Waals surface area (Å²) >= 11 is 16.3. The summed E-state index contributed by atoms with van der Waals surface area (Å²) in [7, 11) is 0. The van der Waals surface area contributed by atoms with Gasteiger partial charge in [-0.05, 0) is 49.5 Å². The molecule has 121 heavy (non-hydrogen) atoms. The average Bonchev–Trinajstić information content (AvgIpc) is 0.793. The standard InChI is InChI=1S/C66H113N7O45S3/c74-9-19-28(83)30(85)39(94)55(103-19)72-65(120)68-6-17(7-69-66(121)73-56-40(95)31(86)29(84)20(10-75)104-56)71-27(82)4-2-1-3-5-67-64(119)70-8-18-48-32(87)41(96)57(105-18)113-49-21(11-76)107-59(43(98)34(49)89)115-51-23(13-78)109-61(45(100)36(51)91)117-53-25(15-80)111-63(47(102)38(53)93)118-54-26(16-81)110-62(46(101)37(54)92)116-52-24(14-79)108-60(44(99)35(52)90)114-50-22(12-77)106-58(112-48)42(97)33(50)88/h17-26,28-63,74-81,83-102H,1-16H2,(H,71,82)(H2,67,70,119)(H2,68,72,120)(H2,69,73,121)/t18-,19+,20+,21+,22-,23+,24-,25+,26-,28+,29+,30-,31-,32+,33+,34+,35+,36-,37+,38+,39-,40-,41+,42+,43-,44+,45-,46+,47+,48+,49+,50+,51+,52+,53+,54+,55-,56-,57+,58+,59+,60+,61+,62+,63+/m0/s1. The Labute approximate surface area is 703 Å². The zero-order valence-electron chi connectivity index (χ0n) is 64.1. The Kier molecular flexibility index (Phi) is 37.5. The third kappa shape index (κ3) is 23.3. The fraction of sp³-hybridized carbons (Fsp3) is 0.939. The Bertz CT molecular complexity index is 3150. The molecule has 0 spiro atoms. The zero-order chi connectivity index (χ0) is 88.4. The number of carbonyl (C=O) groups is 1. The Morgan fingerprint density at radius 2 is 0.512 bits per heavy atom. The number of aliphatic hydroxyl groups excluding tert-OH is 28. The van der Waals surface area contributed by atoms with E-state index in [4.69, 9.17) is 112 Å². The second-order valence-electron chi connectivity index (χ2n) is 30.4. The minimum Gasteiger partial charge on any atom is -0.394 e. The molecule has 35 N–H and O–H groups in total. The van der Waals surface area contributed by atoms with Crippen molar-refractivity contribution in [3.63, 3.8) is 0 Å². The number of unbranched alkanes of at least 4 members (excludes halogenated alkanes) is 2. The van der Waals surface area contributed by atoms with E-state index in [1.807, 2.05) is 0 Å². The van der Waals surface area contributed by atoms with E-state index in [0.29, 0.717) is 12.8 Å². The van der Waals surface area contributed by atoms with E-state index in [9.17, 15) is 148 Å². The lowest BCUT2D eigenvalue weighted by atomic mass is 9.95. The van der Waals surface area contributed by atoms with Crippen LogP contribution in [0.2, 0.25) is 0 Å². The molecular formula is C66H113N7O45S3. The summed E-state index contributed by atoms with van der Waals surface area (Å²) in [5.74, 6) is -0.509. The lowest BCUT2D eigenvalue weighted by Crippen LogP contribution is -2.68. The summed E-state index contributed by atoms with van der Waals surface area (Å²) in [5, 5.41) is 327. The second kappa shape index (κ2) is 45.4. The third-order valence-electron chi connectivity index (χ3n) is 22.1. The SMILES string of the molecule is O=C(CCCCCNC(=S)NC[C@@H]1O[C@@H]2O[C@H]3[C@H](O)[C@H](O)[C@@H](O[C@H]4[C@@H](O)[C@H](O)[C@@H](O[C@H]5[C@H](O)[C@@H](O)[C@@H](O[C@H]6[C@H](O)[C@@H](O)[C@@H](O[C@H]7[C@H](O)[C@@H](O)[C@@H](O[C@H]8[C@H](O)[C@@H](O)[C@@H](O[C@H]1[C@H](O)[C@H]2O)O[C@H]8CO)O[C@H]7CO)O[C@H]6CO)O[C@@H]5CO)O[C@@H]4CO)O[C@@H]3CO)NC(CNC(=S)N[C@H]1O[C@H](CO)[C@@H](O)[C@H](O)[C@@H]1O)CNC(=S)N[C@H]1O[C@H](CO)[C@@H](O)[C@H](O)[C@@H]1O. The van der Waals surface area contributed by atoms with Crippen LogP contribution in [0, 0.1) is 0 Å². The number of nitrogens with one attached hydrogen (secondary N) is 7. The van der Waals surface area contributed by atoms with Crippen molar-refractivity contribution in [1.82, 2.24) is 37.2 Å². The quantitative estimate of drug-likeness (QED) is 0.0334. The van der Waals surface area contributed by atoms with Crippen LogP contribution in [0.4, 0.5) is 0 Å². The van der Waals surface area contributed by atoms with Gasteiger partial charge in [-0.15, -0.1) is 0 Å². The number of carbonyl (C=O) groups excluding carboxylic acids is 1. The summed E-state index contributed by atoms with van der Waals surface area (Å²) in [6.45, 7) is -8.92. The molecule has 0 saturated carbocycles. The molecule has 23 fully saturated rings. The molecular weight excluding hydrogens is 1710 g/mol. The Morgan fingerprint density at radius 3 is 0.777 bits per heavy atom. The van der Waals surface area contributed by atoms with Crippen LogP contribution in [-0.2, 0) is 80.6 Å². The maximum absolute atomic E-state index is 13.6. The van der Waals surface area contributed by atoms with E-state index in [0.717, 1.165) is 0 Å². The van der Waals surface area contributed by atoms with Crippen molar-refractivity contribution >= 4 is 57.9 Å². The fourth-order valence-electron chi connectivity index (χ4n) is 15.2. The number of hydrogen-bond acceptors (Lipinski definition) is 48. The molecule has 0 aliphatic carbocycles. The summed E-state index contributed by atoms with van der Waals surface area (Å²) in [5.41, 5.74) is 0. The van der Waals surface area contributed by atoms with Crippen LogP contribution in [0.1, 0.15) is 25.7 Å². The summed E-state index contributed by atoms with van der Waals surface area (Å²) in [6, 6.07) is -0.897. The van der Waals surface area contributed by atoms with E-state index >= 15 is 0 Å². The fourth-order valence-corrected chi connectivity index (χ4v) is 15.8. The Balaban J connectivity index is 0.822. The lowest BCUT2D eigenvalue weighted by Gasteiger charge is -2.50. The van der Waals surface area contributed by atoms with Gasteiger partial charge in [-0.2, -0.15) is 0 Å². The van der Waals surface area contributed by atoms with Crippen molar-refractivity contribution in [3.8, 4) is 0 Å². The van der Waals surface area contributed by atoms with Gasteiger partial charge < -0.3 is 256 Å². The number of ether oxygens (including phenoxy) is 16. The van der Waals surface area contributed by atoms with E-state index in [2.05, 4.69) is 37.2 Å². The molecule has 0 aromatic carbocycles. The highest BCUT2D eigenvalue weighted by atomic mass is 32.1. The van der Waals surface area contributed by atoms with Crippen LogP contribution < -0.4 is 37.2 Å². The topological polar surface area (TPSA) is 815 Å². The highest BCUT2D eigenvalue weighted by Gasteiger charge is 2.60. The first-order chi connectivity index (χ1) is 57.6. The van der Waals surface area contributed by atoms with Gasteiger partial charge in [0.25, 0.3) is 0 Å². The number of thiocarbonyl (C=S) groups is 3. The van der Waals surface area contributed by atoms with Crippen molar-refractivity contribution in [3.05, 3.63) is 0 Å². The van der Waals surface area contributed by atoms with Gasteiger partial charge in [-0.1, -0.05) is 6.42 Å². The molecule has 700 valence electrons. The largest absolute Gasteiger partial charge is 0.394 e.